The number of unbranched alkanes of at least 4 members (excludes halogenated alkanes) is 1. The van der Waals surface area contributed by atoms with Crippen LogP contribution in [0.25, 0.3) is 0 Å². The fourth-order valence-electron chi connectivity index (χ4n) is 8.96. The highest BCUT2D eigenvalue weighted by Crippen LogP contribution is 2.53. The van der Waals surface area contributed by atoms with Gasteiger partial charge in [0.1, 0.15) is 11.8 Å². The van der Waals surface area contributed by atoms with E-state index in [1.807, 2.05) is 48.5 Å². The van der Waals surface area contributed by atoms with Crippen molar-refractivity contribution < 1.29 is 47.6 Å². The molecule has 4 heterocycles. The molecule has 0 saturated carbocycles. The molecule has 4 aromatic rings. The summed E-state index contributed by atoms with van der Waals surface area (Å²) >= 11 is 0. The zero-order valence-corrected chi connectivity index (χ0v) is 33.5. The number of quaternary nitrogens is 1. The topological polar surface area (TPSA) is 113 Å². The normalized spacial score (nSPS) is 20.6. The Morgan fingerprint density at radius 2 is 1.57 bits per heavy atom. The third-order valence-corrected chi connectivity index (χ3v) is 12.0. The Balaban J connectivity index is 1.50. The quantitative estimate of drug-likeness (QED) is 0.102. The molecule has 11 heteroatoms. The zero-order chi connectivity index (χ0) is 39.7. The summed E-state index contributed by atoms with van der Waals surface area (Å²) in [4.78, 5) is 28.2. The molecule has 4 atom stereocenters. The third kappa shape index (κ3) is 7.37. The molecule has 0 amide bonds. The first kappa shape index (κ1) is 39.0. The molecular weight excluding hydrogens is 713 g/mol. The molecule has 8 rings (SSSR count). The van der Waals surface area contributed by atoms with Crippen LogP contribution in [-0.2, 0) is 35.3 Å². The number of esters is 1. The predicted octanol–water partition coefficient (Wildman–Crippen LogP) is 8.24. The number of hydrogen-bond donors (Lipinski definition) is 1. The molecule has 0 radical (unpaired) electrons. The second kappa shape index (κ2) is 16.1. The number of rotatable bonds is 9. The van der Waals surface area contributed by atoms with E-state index in [0.29, 0.717) is 77.0 Å². The van der Waals surface area contributed by atoms with Gasteiger partial charge in [-0.25, -0.2) is 4.79 Å². The van der Waals surface area contributed by atoms with Crippen LogP contribution in [0.4, 0.5) is 0 Å². The largest absolute Gasteiger partial charge is 0.493 e. The number of carbonyl (C=O) groups excluding carboxylic acids is 1. The van der Waals surface area contributed by atoms with E-state index in [0.717, 1.165) is 59.2 Å². The van der Waals surface area contributed by atoms with Gasteiger partial charge in [0.05, 0.1) is 34.9 Å². The van der Waals surface area contributed by atoms with Gasteiger partial charge in [0, 0.05) is 49.9 Å². The molecule has 4 aromatic carbocycles. The molecular formula is C45H53N2O9+. The van der Waals surface area contributed by atoms with Crippen molar-refractivity contribution >= 4 is 11.9 Å². The minimum absolute atomic E-state index is 0.189. The number of likely N-dealkylation sites (N-methyl/N-ethyl adjacent to an activating group) is 2. The van der Waals surface area contributed by atoms with E-state index in [9.17, 15) is 14.7 Å². The number of benzene rings is 4. The van der Waals surface area contributed by atoms with Gasteiger partial charge < -0.3 is 38.0 Å². The van der Waals surface area contributed by atoms with Crippen molar-refractivity contribution in [3.63, 3.8) is 0 Å². The number of methoxy groups -OCH3 is 3. The van der Waals surface area contributed by atoms with Crippen molar-refractivity contribution in [3.8, 4) is 46.0 Å². The SMILES string of the molecule is CCCCC(C(=O)O)[N+]1(C)CCc2cc(OC)c3cc2C1Cc1ccc(cc1)Oc1cc(ccc1OC)CC1c2c(cc(OC)c(OC(C)=O)c2O3)CCN1C. The highest BCUT2D eigenvalue weighted by molar-refractivity contribution is 5.74. The molecule has 0 aromatic heterocycles. The molecule has 6 bridgehead atoms. The van der Waals surface area contributed by atoms with Gasteiger partial charge in [0.15, 0.2) is 40.5 Å². The van der Waals surface area contributed by atoms with Gasteiger partial charge in [-0.1, -0.05) is 31.5 Å². The first-order chi connectivity index (χ1) is 27.0. The van der Waals surface area contributed by atoms with E-state index in [1.54, 1.807) is 21.3 Å². The molecule has 0 fully saturated rings. The Kier molecular flexibility index (Phi) is 11.2. The van der Waals surface area contributed by atoms with Crippen molar-refractivity contribution in [3.05, 3.63) is 94.0 Å². The van der Waals surface area contributed by atoms with Crippen LogP contribution >= 0.6 is 0 Å². The standard InChI is InChI=1S/C45H52N2O9/c1-8-9-10-35(45(49)50)47(4)20-18-30-24-38(52-6)40-26-33(30)36(47)22-28-11-14-32(15-12-28)55-39-23-29(13-16-37(39)51-5)21-34-42-31(17-19-46(34)3)25-41(53-7)43(44(42)56-40)54-27(2)48/h11-16,23-26,34-36H,8-10,17-22H2,1-7H3/p+1. The van der Waals surface area contributed by atoms with E-state index in [-0.39, 0.29) is 17.8 Å². The van der Waals surface area contributed by atoms with Crippen LogP contribution in [0.15, 0.2) is 60.7 Å². The maximum absolute atomic E-state index is 13.1. The number of aliphatic carboxylic acids is 1. The average Bonchev–Trinajstić information content (AvgIpc) is 3.18. The van der Waals surface area contributed by atoms with Crippen LogP contribution in [-0.4, -0.2) is 81.0 Å². The molecule has 11 nitrogen and oxygen atoms in total. The Morgan fingerprint density at radius 3 is 2.25 bits per heavy atom. The van der Waals surface area contributed by atoms with Gasteiger partial charge in [-0.3, -0.25) is 9.69 Å². The van der Waals surface area contributed by atoms with E-state index < -0.39 is 18.0 Å². The summed E-state index contributed by atoms with van der Waals surface area (Å²) in [5.41, 5.74) is 6.05. The summed E-state index contributed by atoms with van der Waals surface area (Å²) in [6, 6.07) is 19.0. The minimum atomic E-state index is -0.794. The van der Waals surface area contributed by atoms with Crippen LogP contribution in [0.3, 0.4) is 0 Å². The number of fused-ring (bicyclic) bond motifs is 2. The first-order valence-electron chi connectivity index (χ1n) is 19.5. The number of carboxylic acid groups (broad SMARTS) is 1. The molecule has 4 aliphatic rings. The molecule has 0 aliphatic carbocycles. The van der Waals surface area contributed by atoms with E-state index in [1.165, 1.54) is 6.92 Å². The van der Waals surface area contributed by atoms with Crippen molar-refractivity contribution in [1.82, 2.24) is 4.90 Å². The van der Waals surface area contributed by atoms with Gasteiger partial charge in [0.2, 0.25) is 5.75 Å². The fourth-order valence-corrected chi connectivity index (χ4v) is 8.96. The Labute approximate surface area is 329 Å². The number of nitrogens with zero attached hydrogens (tertiary/aromatic N) is 2. The maximum Gasteiger partial charge on any atom is 0.362 e. The van der Waals surface area contributed by atoms with Gasteiger partial charge in [-0.2, -0.15) is 0 Å². The van der Waals surface area contributed by atoms with Crippen molar-refractivity contribution in [2.45, 2.75) is 76.9 Å². The van der Waals surface area contributed by atoms with Gasteiger partial charge >= 0.3 is 11.9 Å². The van der Waals surface area contributed by atoms with Gasteiger partial charge in [0.25, 0.3) is 0 Å². The lowest BCUT2D eigenvalue weighted by Gasteiger charge is -2.49. The summed E-state index contributed by atoms with van der Waals surface area (Å²) in [5.74, 6) is 2.48. The fraction of sp³-hybridized carbons (Fsp3) is 0.422. The van der Waals surface area contributed by atoms with E-state index in [2.05, 4.69) is 38.1 Å². The lowest BCUT2D eigenvalue weighted by molar-refractivity contribution is -0.956. The Hall–Kier alpha value is -5.26. The Morgan fingerprint density at radius 1 is 0.875 bits per heavy atom. The summed E-state index contributed by atoms with van der Waals surface area (Å²) < 4.78 is 37.5. The lowest BCUT2D eigenvalue weighted by atomic mass is 9.84. The molecule has 0 spiro atoms. The van der Waals surface area contributed by atoms with Gasteiger partial charge in [-0.05, 0) is 91.0 Å². The number of ether oxygens (including phenoxy) is 6. The smallest absolute Gasteiger partial charge is 0.362 e. The highest BCUT2D eigenvalue weighted by atomic mass is 16.6. The lowest BCUT2D eigenvalue weighted by Crippen LogP contribution is -2.60. The maximum atomic E-state index is 13.1. The summed E-state index contributed by atoms with van der Waals surface area (Å²) in [6.07, 6.45) is 4.83. The van der Waals surface area contributed by atoms with Crippen LogP contribution in [0.5, 0.6) is 46.0 Å². The minimum Gasteiger partial charge on any atom is -0.493 e. The third-order valence-electron chi connectivity index (χ3n) is 12.0. The molecule has 4 unspecified atom stereocenters. The van der Waals surface area contributed by atoms with Crippen molar-refractivity contribution in [2.75, 3.05) is 48.5 Å². The molecule has 56 heavy (non-hydrogen) atoms. The molecule has 4 aliphatic heterocycles. The summed E-state index contributed by atoms with van der Waals surface area (Å²) in [7, 11) is 8.98. The molecule has 296 valence electrons. The van der Waals surface area contributed by atoms with Crippen molar-refractivity contribution in [1.29, 1.82) is 0 Å². The Bertz CT molecular complexity index is 2120. The summed E-state index contributed by atoms with van der Waals surface area (Å²) in [5, 5.41) is 10.8. The van der Waals surface area contributed by atoms with Crippen LogP contribution in [0, 0.1) is 0 Å². The average molecular weight is 766 g/mol. The van der Waals surface area contributed by atoms with E-state index in [4.69, 9.17) is 28.4 Å². The van der Waals surface area contributed by atoms with Crippen LogP contribution < -0.4 is 28.4 Å². The first-order valence-corrected chi connectivity index (χ1v) is 19.5. The van der Waals surface area contributed by atoms with Crippen LogP contribution in [0.2, 0.25) is 0 Å². The number of carbonyl (C=O) groups is 2. The number of hydrogen-bond acceptors (Lipinski definition) is 9. The predicted molar refractivity (Wildman–Crippen MR) is 212 cm³/mol. The van der Waals surface area contributed by atoms with Gasteiger partial charge in [-0.15, -0.1) is 0 Å². The van der Waals surface area contributed by atoms with E-state index >= 15 is 0 Å². The molecule has 0 saturated heterocycles. The number of carboxylic acids is 1. The molecule has 1 N–H and O–H groups in total. The zero-order valence-electron chi connectivity index (χ0n) is 33.5. The monoisotopic (exact) mass is 765 g/mol. The van der Waals surface area contributed by atoms with Crippen molar-refractivity contribution in [2.24, 2.45) is 0 Å². The highest BCUT2D eigenvalue weighted by Gasteiger charge is 2.48. The second-order valence-corrected chi connectivity index (χ2v) is 15.4. The summed E-state index contributed by atoms with van der Waals surface area (Å²) in [6.45, 7) is 4.88. The van der Waals surface area contributed by atoms with Crippen LogP contribution in [0.1, 0.15) is 78.6 Å². The second-order valence-electron chi connectivity index (χ2n) is 15.4.